The molecule has 6 heteroatoms. The summed E-state index contributed by atoms with van der Waals surface area (Å²) in [6, 6.07) is 9.20. The largest absolute Gasteiger partial charge is 0.504 e. The van der Waals surface area contributed by atoms with E-state index in [0.29, 0.717) is 5.39 Å². The van der Waals surface area contributed by atoms with E-state index in [-0.39, 0.29) is 11.5 Å². The van der Waals surface area contributed by atoms with E-state index >= 15 is 0 Å². The van der Waals surface area contributed by atoms with E-state index in [1.54, 1.807) is 6.07 Å². The molecule has 6 nitrogen and oxygen atoms in total. The molecule has 0 saturated heterocycles. The van der Waals surface area contributed by atoms with Crippen molar-refractivity contribution in [2.45, 2.75) is 34.1 Å². The lowest BCUT2D eigenvalue weighted by atomic mass is 10.00. The summed E-state index contributed by atoms with van der Waals surface area (Å²) < 4.78 is 0. The monoisotopic (exact) mass is 348 g/mol. The van der Waals surface area contributed by atoms with Gasteiger partial charge in [0.25, 0.3) is 11.9 Å². The third-order valence-electron chi connectivity index (χ3n) is 2.81. The van der Waals surface area contributed by atoms with Gasteiger partial charge in [0, 0.05) is 19.2 Å². The molecule has 0 radical (unpaired) electrons. The van der Waals surface area contributed by atoms with E-state index < -0.39 is 11.9 Å². The maximum absolute atomic E-state index is 9.79. The van der Waals surface area contributed by atoms with Gasteiger partial charge in [0.2, 0.25) is 0 Å². The first-order chi connectivity index (χ1) is 11.6. The predicted molar refractivity (Wildman–Crippen MR) is 97.0 cm³/mol. The zero-order valence-electron chi connectivity index (χ0n) is 14.8. The Morgan fingerprint density at radius 1 is 0.920 bits per heavy atom. The summed E-state index contributed by atoms with van der Waals surface area (Å²) in [7, 11) is 0. The highest BCUT2D eigenvalue weighted by Crippen LogP contribution is 2.36. The van der Waals surface area contributed by atoms with E-state index in [1.807, 2.05) is 38.1 Å². The topological polar surface area (TPSA) is 115 Å². The lowest BCUT2D eigenvalue weighted by Crippen LogP contribution is -1.86. The molecule has 0 unspecified atom stereocenters. The van der Waals surface area contributed by atoms with Crippen LogP contribution in [0, 0.1) is 0 Å². The van der Waals surface area contributed by atoms with Crippen molar-refractivity contribution < 1.29 is 30.0 Å². The van der Waals surface area contributed by atoms with Crippen LogP contribution in [0.3, 0.4) is 0 Å². The molecule has 0 saturated carbocycles. The molecule has 2 aromatic rings. The average molecular weight is 348 g/mol. The van der Waals surface area contributed by atoms with Crippen molar-refractivity contribution in [3.05, 3.63) is 47.5 Å². The molecule has 2 aromatic carbocycles. The maximum atomic E-state index is 9.79. The van der Waals surface area contributed by atoms with Crippen molar-refractivity contribution in [2.75, 3.05) is 0 Å². The van der Waals surface area contributed by atoms with Crippen LogP contribution in [0.4, 0.5) is 0 Å². The van der Waals surface area contributed by atoms with Crippen LogP contribution in [-0.2, 0) is 16.0 Å². The summed E-state index contributed by atoms with van der Waals surface area (Å²) in [5.41, 5.74) is 2.26. The zero-order valence-corrected chi connectivity index (χ0v) is 14.8. The molecule has 4 N–H and O–H groups in total. The number of aromatic hydroxyl groups is 2. The standard InChI is InChI=1S/C15H16O2.2C2H4O2/c1-10(2)7-8-11-9-14(16)15(17)13-6-4-3-5-12(11)13;2*1-2(3)4/h3-7,9,16-17H,8H2,1-2H3;2*1H3,(H,3,4). The van der Waals surface area contributed by atoms with Crippen LogP contribution in [0.25, 0.3) is 10.8 Å². The fourth-order valence-electron chi connectivity index (χ4n) is 1.90. The second-order valence-corrected chi connectivity index (χ2v) is 5.47. The molecule has 0 aliphatic carbocycles. The number of aliphatic carboxylic acids is 2. The first-order valence-corrected chi connectivity index (χ1v) is 7.51. The Labute approximate surface area is 146 Å². The first kappa shape index (κ1) is 22.0. The van der Waals surface area contributed by atoms with E-state index in [2.05, 4.69) is 6.08 Å². The second-order valence-electron chi connectivity index (χ2n) is 5.47. The fraction of sp³-hybridized carbons (Fsp3) is 0.263. The van der Waals surface area contributed by atoms with Gasteiger partial charge in [-0.25, -0.2) is 0 Å². The van der Waals surface area contributed by atoms with Gasteiger partial charge in [0.15, 0.2) is 11.5 Å². The number of allylic oxidation sites excluding steroid dienone is 2. The van der Waals surface area contributed by atoms with Crippen molar-refractivity contribution in [1.29, 1.82) is 0 Å². The van der Waals surface area contributed by atoms with Crippen LogP contribution in [0.15, 0.2) is 42.0 Å². The van der Waals surface area contributed by atoms with E-state index in [4.69, 9.17) is 19.8 Å². The molecule has 0 aromatic heterocycles. The highest BCUT2D eigenvalue weighted by atomic mass is 16.4. The normalized spacial score (nSPS) is 9.12. The zero-order chi connectivity index (χ0) is 19.6. The fourth-order valence-corrected chi connectivity index (χ4v) is 1.90. The van der Waals surface area contributed by atoms with Crippen molar-refractivity contribution in [3.8, 4) is 11.5 Å². The molecule has 2 rings (SSSR count). The van der Waals surface area contributed by atoms with Gasteiger partial charge in [0.1, 0.15) is 0 Å². The number of phenols is 2. The van der Waals surface area contributed by atoms with Gasteiger partial charge in [0.05, 0.1) is 0 Å². The third kappa shape index (κ3) is 9.00. The van der Waals surface area contributed by atoms with Crippen molar-refractivity contribution >= 4 is 22.7 Å². The number of carboxylic acid groups (broad SMARTS) is 2. The minimum Gasteiger partial charge on any atom is -0.504 e. The lowest BCUT2D eigenvalue weighted by molar-refractivity contribution is -0.135. The van der Waals surface area contributed by atoms with Crippen LogP contribution in [-0.4, -0.2) is 32.4 Å². The Hall–Kier alpha value is -3.02. The number of benzene rings is 2. The number of fused-ring (bicyclic) bond motifs is 1. The number of hydrogen-bond donors (Lipinski definition) is 4. The van der Waals surface area contributed by atoms with Crippen LogP contribution >= 0.6 is 0 Å². The number of carboxylic acids is 2. The molecular weight excluding hydrogens is 324 g/mol. The maximum Gasteiger partial charge on any atom is 0.300 e. The number of phenolic OH excluding ortho intramolecular Hbond substituents is 2. The van der Waals surface area contributed by atoms with Crippen LogP contribution in [0.5, 0.6) is 11.5 Å². The van der Waals surface area contributed by atoms with E-state index in [9.17, 15) is 10.2 Å². The predicted octanol–water partition coefficient (Wildman–Crippen LogP) is 3.94. The number of hydrogen-bond acceptors (Lipinski definition) is 4. The summed E-state index contributed by atoms with van der Waals surface area (Å²) in [6.45, 7) is 6.25. The summed E-state index contributed by atoms with van der Waals surface area (Å²) in [5, 5.41) is 36.0. The van der Waals surface area contributed by atoms with Crippen LogP contribution in [0.1, 0.15) is 33.3 Å². The average Bonchev–Trinajstić information content (AvgIpc) is 2.48. The first-order valence-electron chi connectivity index (χ1n) is 7.51. The Bertz CT molecular complexity index is 738. The Kier molecular flexibility index (Phi) is 9.41. The molecule has 0 aliphatic heterocycles. The highest BCUT2D eigenvalue weighted by Gasteiger charge is 2.09. The van der Waals surface area contributed by atoms with E-state index in [1.165, 1.54) is 5.57 Å². The molecule has 0 amide bonds. The summed E-state index contributed by atoms with van der Waals surface area (Å²) in [4.78, 5) is 18.0. The Morgan fingerprint density at radius 2 is 1.36 bits per heavy atom. The Balaban J connectivity index is 0.000000609. The smallest absolute Gasteiger partial charge is 0.300 e. The highest BCUT2D eigenvalue weighted by molar-refractivity contribution is 5.93. The molecule has 0 heterocycles. The van der Waals surface area contributed by atoms with E-state index in [0.717, 1.165) is 31.2 Å². The molecule has 0 fully saturated rings. The van der Waals surface area contributed by atoms with Gasteiger partial charge < -0.3 is 20.4 Å². The van der Waals surface area contributed by atoms with Gasteiger partial charge in [-0.05, 0) is 37.3 Å². The van der Waals surface area contributed by atoms with Gasteiger partial charge in [-0.1, -0.05) is 35.9 Å². The second kappa shape index (κ2) is 10.7. The van der Waals surface area contributed by atoms with Gasteiger partial charge >= 0.3 is 0 Å². The number of carbonyl (C=O) groups is 2. The summed E-state index contributed by atoms with van der Waals surface area (Å²) >= 11 is 0. The lowest BCUT2D eigenvalue weighted by Gasteiger charge is -2.08. The molecule has 0 aliphatic rings. The quantitative estimate of drug-likeness (QED) is 0.483. The van der Waals surface area contributed by atoms with Crippen LogP contribution in [0.2, 0.25) is 0 Å². The molecule has 0 spiro atoms. The molecule has 0 bridgehead atoms. The summed E-state index contributed by atoms with van der Waals surface area (Å²) in [5.74, 6) is -1.76. The van der Waals surface area contributed by atoms with Gasteiger partial charge in [-0.3, -0.25) is 9.59 Å². The van der Waals surface area contributed by atoms with Gasteiger partial charge in [-0.2, -0.15) is 0 Å². The third-order valence-corrected chi connectivity index (χ3v) is 2.81. The SMILES string of the molecule is CC(=O)O.CC(=O)O.CC(C)=CCc1cc(O)c(O)c2ccccc12. The number of rotatable bonds is 2. The molecule has 0 atom stereocenters. The van der Waals surface area contributed by atoms with Gasteiger partial charge in [-0.15, -0.1) is 0 Å². The molecular formula is C19H24O6. The molecule has 25 heavy (non-hydrogen) atoms. The Morgan fingerprint density at radius 3 is 1.80 bits per heavy atom. The minimum absolute atomic E-state index is 0.0402. The molecule has 136 valence electrons. The minimum atomic E-state index is -0.833. The van der Waals surface area contributed by atoms with Crippen LogP contribution < -0.4 is 0 Å². The van der Waals surface area contributed by atoms with Crippen molar-refractivity contribution in [2.24, 2.45) is 0 Å². The van der Waals surface area contributed by atoms with Crippen molar-refractivity contribution in [3.63, 3.8) is 0 Å². The summed E-state index contributed by atoms with van der Waals surface area (Å²) in [6.07, 6.45) is 2.87. The van der Waals surface area contributed by atoms with Crippen molar-refractivity contribution in [1.82, 2.24) is 0 Å².